The van der Waals surface area contributed by atoms with Gasteiger partial charge in [0.1, 0.15) is 5.82 Å². The highest BCUT2D eigenvalue weighted by molar-refractivity contribution is 7.94. The average molecular weight is 290 g/mol. The normalized spacial score (nSPS) is 11.4. The Morgan fingerprint density at radius 3 is 2.76 bits per heavy atom. The molecule has 2 aromatic heterocycles. The van der Waals surface area contributed by atoms with Crippen LogP contribution in [0.4, 0.5) is 5.82 Å². The molecule has 0 aliphatic carbocycles. The molecule has 0 aromatic carbocycles. The standard InChI is InChI=1S/C9H8ClN3O2S2/c1-6-3-2-4-7(12-6)13-17(14,15)8-5-11-9(10)16-8/h2-5H,1H3,(H,12,13). The number of sulfonamides is 1. The van der Waals surface area contributed by atoms with E-state index in [2.05, 4.69) is 14.7 Å². The van der Waals surface area contributed by atoms with Gasteiger partial charge in [0, 0.05) is 5.69 Å². The van der Waals surface area contributed by atoms with Gasteiger partial charge >= 0.3 is 0 Å². The molecule has 2 heterocycles. The summed E-state index contributed by atoms with van der Waals surface area (Å²) in [7, 11) is -3.65. The van der Waals surface area contributed by atoms with E-state index in [9.17, 15) is 8.42 Å². The zero-order chi connectivity index (χ0) is 12.5. The molecule has 0 spiro atoms. The first-order valence-corrected chi connectivity index (χ1v) is 7.23. The van der Waals surface area contributed by atoms with Gasteiger partial charge in [0.25, 0.3) is 10.0 Å². The molecule has 1 N–H and O–H groups in total. The lowest BCUT2D eigenvalue weighted by molar-refractivity contribution is 0.603. The van der Waals surface area contributed by atoms with Gasteiger partial charge in [-0.05, 0) is 19.1 Å². The van der Waals surface area contributed by atoms with Crippen LogP contribution in [0.25, 0.3) is 0 Å². The van der Waals surface area contributed by atoms with Crippen LogP contribution in [0.1, 0.15) is 5.69 Å². The molecule has 5 nitrogen and oxygen atoms in total. The fraction of sp³-hybridized carbons (Fsp3) is 0.111. The van der Waals surface area contributed by atoms with Crippen molar-refractivity contribution >= 4 is 38.8 Å². The predicted molar refractivity (Wildman–Crippen MR) is 66.9 cm³/mol. The van der Waals surface area contributed by atoms with Gasteiger partial charge in [-0.15, -0.1) is 0 Å². The average Bonchev–Trinajstić information content (AvgIpc) is 2.65. The number of anilines is 1. The van der Waals surface area contributed by atoms with Crippen molar-refractivity contribution in [2.45, 2.75) is 11.1 Å². The van der Waals surface area contributed by atoms with E-state index < -0.39 is 10.0 Å². The Bertz CT molecular complexity index is 639. The molecule has 0 saturated heterocycles. The van der Waals surface area contributed by atoms with Crippen molar-refractivity contribution in [2.75, 3.05) is 4.72 Å². The number of thiazole rings is 1. The van der Waals surface area contributed by atoms with E-state index in [0.29, 0.717) is 0 Å². The van der Waals surface area contributed by atoms with Gasteiger partial charge in [-0.2, -0.15) is 0 Å². The van der Waals surface area contributed by atoms with E-state index in [-0.39, 0.29) is 14.5 Å². The van der Waals surface area contributed by atoms with E-state index in [1.54, 1.807) is 25.1 Å². The molecule has 0 saturated carbocycles. The van der Waals surface area contributed by atoms with Crippen LogP contribution in [0.2, 0.25) is 4.47 Å². The zero-order valence-corrected chi connectivity index (χ0v) is 11.1. The van der Waals surface area contributed by atoms with Crippen molar-refractivity contribution in [3.05, 3.63) is 34.6 Å². The van der Waals surface area contributed by atoms with Crippen molar-refractivity contribution in [3.63, 3.8) is 0 Å². The van der Waals surface area contributed by atoms with Gasteiger partial charge in [-0.1, -0.05) is 29.0 Å². The van der Waals surface area contributed by atoms with E-state index in [0.717, 1.165) is 17.0 Å². The first-order valence-electron chi connectivity index (χ1n) is 4.55. The maximum Gasteiger partial charge on any atom is 0.274 e. The van der Waals surface area contributed by atoms with Crippen LogP contribution in [-0.2, 0) is 10.0 Å². The van der Waals surface area contributed by atoms with Gasteiger partial charge in [0.05, 0.1) is 6.20 Å². The third-order valence-electron chi connectivity index (χ3n) is 1.85. The van der Waals surface area contributed by atoms with Gasteiger partial charge < -0.3 is 0 Å². The summed E-state index contributed by atoms with van der Waals surface area (Å²) in [4.78, 5) is 7.74. The number of aromatic nitrogens is 2. The molecule has 0 unspecified atom stereocenters. The molecular weight excluding hydrogens is 282 g/mol. The first kappa shape index (κ1) is 12.3. The highest BCUT2D eigenvalue weighted by Gasteiger charge is 2.18. The predicted octanol–water partition coefficient (Wildman–Crippen LogP) is 2.30. The van der Waals surface area contributed by atoms with Gasteiger partial charge in [0.2, 0.25) is 0 Å². The summed E-state index contributed by atoms with van der Waals surface area (Å²) in [5, 5.41) is 0. The van der Waals surface area contributed by atoms with E-state index in [1.807, 2.05) is 0 Å². The Labute approximate surface area is 108 Å². The summed E-state index contributed by atoms with van der Waals surface area (Å²) in [6.07, 6.45) is 1.21. The molecule has 0 atom stereocenters. The Balaban J connectivity index is 2.29. The molecule has 2 rings (SSSR count). The van der Waals surface area contributed by atoms with Crippen LogP contribution in [-0.4, -0.2) is 18.4 Å². The maximum absolute atomic E-state index is 11.9. The molecule has 0 radical (unpaired) electrons. The third-order valence-corrected chi connectivity index (χ3v) is 4.78. The first-order chi connectivity index (χ1) is 7.97. The van der Waals surface area contributed by atoms with Gasteiger partial charge in [0.15, 0.2) is 8.68 Å². The molecule has 0 bridgehead atoms. The lowest BCUT2D eigenvalue weighted by Crippen LogP contribution is -2.12. The molecule has 90 valence electrons. The molecule has 0 fully saturated rings. The SMILES string of the molecule is Cc1cccc(NS(=O)(=O)c2cnc(Cl)s2)n1. The summed E-state index contributed by atoms with van der Waals surface area (Å²) in [5.74, 6) is 0.273. The smallest absolute Gasteiger partial charge is 0.263 e. The highest BCUT2D eigenvalue weighted by atomic mass is 35.5. The number of aryl methyl sites for hydroxylation is 1. The lowest BCUT2D eigenvalue weighted by atomic mass is 10.4. The molecule has 8 heteroatoms. The van der Waals surface area contributed by atoms with Crippen molar-refractivity contribution in [1.82, 2.24) is 9.97 Å². The van der Waals surface area contributed by atoms with Gasteiger partial charge in [-0.3, -0.25) is 4.72 Å². The highest BCUT2D eigenvalue weighted by Crippen LogP contribution is 2.24. The number of nitrogens with one attached hydrogen (secondary N) is 1. The fourth-order valence-corrected chi connectivity index (χ4v) is 3.45. The summed E-state index contributed by atoms with van der Waals surface area (Å²) in [5.41, 5.74) is 0.729. The van der Waals surface area contributed by atoms with E-state index >= 15 is 0 Å². The molecule has 0 aliphatic rings. The minimum absolute atomic E-state index is 0.0609. The van der Waals surface area contributed by atoms with Crippen LogP contribution >= 0.6 is 22.9 Å². The second-order valence-corrected chi connectivity index (χ2v) is 6.72. The van der Waals surface area contributed by atoms with Crippen LogP contribution < -0.4 is 4.72 Å². The summed E-state index contributed by atoms with van der Waals surface area (Å²) in [6, 6.07) is 5.08. The minimum atomic E-state index is -3.65. The van der Waals surface area contributed by atoms with Crippen LogP contribution in [0, 0.1) is 6.92 Å². The second kappa shape index (κ2) is 4.59. The number of rotatable bonds is 3. The zero-order valence-electron chi connectivity index (χ0n) is 8.71. The van der Waals surface area contributed by atoms with Crippen molar-refractivity contribution in [1.29, 1.82) is 0 Å². The summed E-state index contributed by atoms with van der Waals surface area (Å²) in [6.45, 7) is 1.78. The van der Waals surface area contributed by atoms with Crippen LogP contribution in [0.5, 0.6) is 0 Å². The number of nitrogens with zero attached hydrogens (tertiary/aromatic N) is 2. The van der Waals surface area contributed by atoms with E-state index in [4.69, 9.17) is 11.6 Å². The topological polar surface area (TPSA) is 72.0 Å². The van der Waals surface area contributed by atoms with Crippen molar-refractivity contribution in [3.8, 4) is 0 Å². The number of hydrogen-bond donors (Lipinski definition) is 1. The van der Waals surface area contributed by atoms with Crippen LogP contribution in [0.3, 0.4) is 0 Å². The monoisotopic (exact) mass is 289 g/mol. The quantitative estimate of drug-likeness (QED) is 0.941. The van der Waals surface area contributed by atoms with Crippen LogP contribution in [0.15, 0.2) is 28.6 Å². The minimum Gasteiger partial charge on any atom is -0.263 e. The second-order valence-electron chi connectivity index (χ2n) is 3.20. The van der Waals surface area contributed by atoms with Crippen molar-refractivity contribution in [2.24, 2.45) is 0 Å². The van der Waals surface area contributed by atoms with Gasteiger partial charge in [-0.25, -0.2) is 18.4 Å². The largest absolute Gasteiger partial charge is 0.274 e. The summed E-state index contributed by atoms with van der Waals surface area (Å²) >= 11 is 6.49. The van der Waals surface area contributed by atoms with Crippen molar-refractivity contribution < 1.29 is 8.42 Å². The fourth-order valence-electron chi connectivity index (χ4n) is 1.15. The molecule has 0 amide bonds. The Morgan fingerprint density at radius 1 is 1.41 bits per heavy atom. The summed E-state index contributed by atoms with van der Waals surface area (Å²) < 4.78 is 26.4. The Kier molecular flexibility index (Phi) is 3.32. The van der Waals surface area contributed by atoms with E-state index in [1.165, 1.54) is 6.20 Å². The third kappa shape index (κ3) is 2.93. The molecular formula is C9H8ClN3O2S2. The number of pyridine rings is 1. The lowest BCUT2D eigenvalue weighted by Gasteiger charge is -2.04. The Morgan fingerprint density at radius 2 is 2.18 bits per heavy atom. The number of halogens is 1. The Hall–Kier alpha value is -1.18. The molecule has 2 aromatic rings. The maximum atomic E-state index is 11.9. The molecule has 17 heavy (non-hydrogen) atoms. The molecule has 0 aliphatic heterocycles. The number of hydrogen-bond acceptors (Lipinski definition) is 5.